The van der Waals surface area contributed by atoms with E-state index in [1.54, 1.807) is 0 Å². The molecule has 0 radical (unpaired) electrons. The van der Waals surface area contributed by atoms with Crippen LogP contribution < -0.4 is 5.32 Å². The zero-order valence-corrected chi connectivity index (χ0v) is 13.2. The first-order valence-electron chi connectivity index (χ1n) is 7.35. The van der Waals surface area contributed by atoms with E-state index in [-0.39, 0.29) is 0 Å². The van der Waals surface area contributed by atoms with E-state index in [1.165, 1.54) is 0 Å². The lowest BCUT2D eigenvalue weighted by Crippen LogP contribution is -2.18. The number of rotatable bonds is 5. The second-order valence-electron chi connectivity index (χ2n) is 5.44. The molecule has 0 aliphatic rings. The van der Waals surface area contributed by atoms with Crippen molar-refractivity contribution in [3.05, 3.63) is 65.3 Å². The van der Waals surface area contributed by atoms with Crippen molar-refractivity contribution in [2.45, 2.75) is 19.1 Å². The number of anilines is 1. The summed E-state index contributed by atoms with van der Waals surface area (Å²) in [5, 5.41) is 15.4. The lowest BCUT2D eigenvalue weighted by atomic mass is 10.1. The van der Waals surface area contributed by atoms with Crippen molar-refractivity contribution in [2.24, 2.45) is 0 Å². The van der Waals surface area contributed by atoms with Gasteiger partial charge in [-0.1, -0.05) is 35.9 Å². The molecule has 0 aliphatic heterocycles. The Morgan fingerprint density at radius 1 is 1.18 bits per heavy atom. The van der Waals surface area contributed by atoms with Gasteiger partial charge in [0.15, 0.2) is 0 Å². The van der Waals surface area contributed by atoms with Crippen LogP contribution in [0.1, 0.15) is 5.56 Å². The van der Waals surface area contributed by atoms with Gasteiger partial charge in [-0.15, -0.1) is 0 Å². The molecule has 3 aromatic rings. The maximum Gasteiger partial charge on any atom is 0.0760 e. The van der Waals surface area contributed by atoms with Crippen LogP contribution in [0.15, 0.2) is 54.7 Å². The monoisotopic (exact) mass is 314 g/mol. The quantitative estimate of drug-likeness (QED) is 0.748. The average Bonchev–Trinajstić information content (AvgIpc) is 2.90. The lowest BCUT2D eigenvalue weighted by Gasteiger charge is -2.15. The van der Waals surface area contributed by atoms with Crippen molar-refractivity contribution < 1.29 is 5.11 Å². The molecule has 1 atom stereocenters. The highest BCUT2D eigenvalue weighted by Crippen LogP contribution is 2.22. The fraction of sp³-hybridized carbons (Fsp3) is 0.222. The van der Waals surface area contributed by atoms with Crippen molar-refractivity contribution in [2.75, 3.05) is 12.4 Å². The summed E-state index contributed by atoms with van der Waals surface area (Å²) in [7, 11) is 1.90. The predicted molar refractivity (Wildman–Crippen MR) is 92.6 cm³/mol. The van der Waals surface area contributed by atoms with Gasteiger partial charge < -0.3 is 15.0 Å². The predicted octanol–water partition coefficient (Wildman–Crippen LogP) is 3.94. The van der Waals surface area contributed by atoms with Crippen LogP contribution in [-0.2, 0) is 13.0 Å². The van der Waals surface area contributed by atoms with Crippen molar-refractivity contribution >= 4 is 28.2 Å². The topological polar surface area (TPSA) is 37.2 Å². The average molecular weight is 315 g/mol. The molecular weight excluding hydrogens is 296 g/mol. The largest absolute Gasteiger partial charge is 0.391 e. The molecule has 3 nitrogen and oxygen atoms in total. The van der Waals surface area contributed by atoms with E-state index in [9.17, 15) is 5.11 Å². The molecule has 0 bridgehead atoms. The Morgan fingerprint density at radius 2 is 2.00 bits per heavy atom. The van der Waals surface area contributed by atoms with Gasteiger partial charge in [-0.25, -0.2) is 0 Å². The van der Waals surface area contributed by atoms with Crippen LogP contribution >= 0.6 is 11.6 Å². The fourth-order valence-corrected chi connectivity index (χ4v) is 2.97. The smallest absolute Gasteiger partial charge is 0.0760 e. The first kappa shape index (κ1) is 14.9. The standard InChI is InChI=1S/C18H19ClN2O/c1-20-17-5-3-2-4-14(17)10-16(22)12-21-9-8-13-6-7-15(19)11-18(13)21/h2-9,11,16,20,22H,10,12H2,1H3/t16-/m1/s1. The van der Waals surface area contributed by atoms with Crippen LogP contribution in [-0.4, -0.2) is 22.8 Å². The number of benzene rings is 2. The highest BCUT2D eigenvalue weighted by atomic mass is 35.5. The molecule has 1 aromatic heterocycles. The third-order valence-corrected chi connectivity index (χ3v) is 4.12. The Kier molecular flexibility index (Phi) is 4.36. The highest BCUT2D eigenvalue weighted by molar-refractivity contribution is 6.31. The maximum absolute atomic E-state index is 10.4. The Balaban J connectivity index is 1.78. The third-order valence-electron chi connectivity index (χ3n) is 3.89. The molecular formula is C18H19ClN2O. The van der Waals surface area contributed by atoms with Crippen molar-refractivity contribution in [1.29, 1.82) is 0 Å². The van der Waals surface area contributed by atoms with Crippen LogP contribution in [0.25, 0.3) is 10.9 Å². The molecule has 2 N–H and O–H groups in total. The SMILES string of the molecule is CNc1ccccc1C[C@@H](O)Cn1ccc2ccc(Cl)cc21. The van der Waals surface area contributed by atoms with E-state index >= 15 is 0 Å². The molecule has 3 rings (SSSR count). The number of aliphatic hydroxyl groups is 1. The third kappa shape index (κ3) is 3.11. The Bertz CT molecular complexity index is 782. The first-order valence-corrected chi connectivity index (χ1v) is 7.73. The molecule has 22 heavy (non-hydrogen) atoms. The summed E-state index contributed by atoms with van der Waals surface area (Å²) < 4.78 is 2.05. The number of nitrogens with one attached hydrogen (secondary N) is 1. The number of para-hydroxylation sites is 1. The fourth-order valence-electron chi connectivity index (χ4n) is 2.80. The van der Waals surface area contributed by atoms with Crippen molar-refractivity contribution in [3.8, 4) is 0 Å². The molecule has 0 saturated carbocycles. The molecule has 0 unspecified atom stereocenters. The van der Waals surface area contributed by atoms with E-state index in [0.717, 1.165) is 22.2 Å². The van der Waals surface area contributed by atoms with Crippen molar-refractivity contribution in [1.82, 2.24) is 4.57 Å². The van der Waals surface area contributed by atoms with Gasteiger partial charge in [0.25, 0.3) is 0 Å². The number of hydrogen-bond donors (Lipinski definition) is 2. The summed E-state index contributed by atoms with van der Waals surface area (Å²) in [6.45, 7) is 0.544. The molecule has 114 valence electrons. The summed E-state index contributed by atoms with van der Waals surface area (Å²) >= 11 is 6.07. The van der Waals surface area contributed by atoms with Gasteiger partial charge in [-0.05, 0) is 35.2 Å². The molecule has 2 aromatic carbocycles. The van der Waals surface area contributed by atoms with E-state index in [0.29, 0.717) is 18.0 Å². The van der Waals surface area contributed by atoms with E-state index in [4.69, 9.17) is 11.6 Å². The van der Waals surface area contributed by atoms with Gasteiger partial charge in [0.1, 0.15) is 0 Å². The summed E-state index contributed by atoms with van der Waals surface area (Å²) in [5.41, 5.74) is 3.22. The Morgan fingerprint density at radius 3 is 2.82 bits per heavy atom. The first-order chi connectivity index (χ1) is 10.7. The van der Waals surface area contributed by atoms with Crippen LogP contribution in [0.2, 0.25) is 5.02 Å². The summed E-state index contributed by atoms with van der Waals surface area (Å²) in [6, 6.07) is 15.9. The van der Waals surface area contributed by atoms with E-state index < -0.39 is 6.10 Å². The molecule has 0 aliphatic carbocycles. The lowest BCUT2D eigenvalue weighted by molar-refractivity contribution is 0.156. The van der Waals surface area contributed by atoms with Crippen LogP contribution in [0, 0.1) is 0 Å². The van der Waals surface area contributed by atoms with Gasteiger partial charge in [-0.2, -0.15) is 0 Å². The Labute approximate surface area is 135 Å². The van der Waals surface area contributed by atoms with E-state index in [1.807, 2.05) is 66.3 Å². The number of aromatic nitrogens is 1. The zero-order valence-electron chi connectivity index (χ0n) is 12.5. The molecule has 0 spiro atoms. The highest BCUT2D eigenvalue weighted by Gasteiger charge is 2.11. The summed E-state index contributed by atoms with van der Waals surface area (Å²) in [4.78, 5) is 0. The normalized spacial score (nSPS) is 12.5. The van der Waals surface area contributed by atoms with Gasteiger partial charge in [0, 0.05) is 42.4 Å². The van der Waals surface area contributed by atoms with Crippen LogP contribution in [0.3, 0.4) is 0 Å². The van der Waals surface area contributed by atoms with Gasteiger partial charge in [-0.3, -0.25) is 0 Å². The van der Waals surface area contributed by atoms with Crippen LogP contribution in [0.5, 0.6) is 0 Å². The number of hydrogen-bond acceptors (Lipinski definition) is 2. The summed E-state index contributed by atoms with van der Waals surface area (Å²) in [5.74, 6) is 0. The molecule has 0 saturated heterocycles. The molecule has 4 heteroatoms. The maximum atomic E-state index is 10.4. The number of aliphatic hydroxyl groups excluding tert-OH is 1. The molecule has 0 amide bonds. The minimum atomic E-state index is -0.455. The van der Waals surface area contributed by atoms with E-state index in [2.05, 4.69) is 5.32 Å². The number of halogens is 1. The molecule has 1 heterocycles. The summed E-state index contributed by atoms with van der Waals surface area (Å²) in [6.07, 6.45) is 2.15. The second kappa shape index (κ2) is 6.42. The molecule has 0 fully saturated rings. The Hall–Kier alpha value is -1.97. The van der Waals surface area contributed by atoms with Gasteiger partial charge in [0.2, 0.25) is 0 Å². The van der Waals surface area contributed by atoms with Crippen LogP contribution in [0.4, 0.5) is 5.69 Å². The van der Waals surface area contributed by atoms with Gasteiger partial charge >= 0.3 is 0 Å². The van der Waals surface area contributed by atoms with Gasteiger partial charge in [0.05, 0.1) is 6.10 Å². The minimum Gasteiger partial charge on any atom is -0.391 e. The minimum absolute atomic E-state index is 0.455. The number of nitrogens with zero attached hydrogens (tertiary/aromatic N) is 1. The second-order valence-corrected chi connectivity index (χ2v) is 5.87. The zero-order chi connectivity index (χ0) is 15.5. The number of fused-ring (bicyclic) bond motifs is 1. The van der Waals surface area contributed by atoms with Crippen molar-refractivity contribution in [3.63, 3.8) is 0 Å².